The number of carbonyl (C=O) groups excluding carboxylic acids is 1. The second kappa shape index (κ2) is 6.44. The predicted molar refractivity (Wildman–Crippen MR) is 65.5 cm³/mol. The van der Waals surface area contributed by atoms with Crippen molar-refractivity contribution in [3.63, 3.8) is 0 Å². The summed E-state index contributed by atoms with van der Waals surface area (Å²) in [4.78, 5) is 11.3. The van der Waals surface area contributed by atoms with Gasteiger partial charge in [-0.25, -0.2) is 4.79 Å². The molecule has 0 aliphatic heterocycles. The maximum atomic E-state index is 11.3. The van der Waals surface area contributed by atoms with E-state index >= 15 is 0 Å². The van der Waals surface area contributed by atoms with Crippen molar-refractivity contribution in [2.45, 2.75) is 45.8 Å². The van der Waals surface area contributed by atoms with Crippen LogP contribution in [0.3, 0.4) is 0 Å². The quantitative estimate of drug-likeness (QED) is 0.618. The number of hydrogen-bond donors (Lipinski definition) is 2. The van der Waals surface area contributed by atoms with Crippen molar-refractivity contribution in [3.05, 3.63) is 0 Å². The van der Waals surface area contributed by atoms with E-state index in [-0.39, 0.29) is 12.1 Å². The Balaban J connectivity index is 3.91. The van der Waals surface area contributed by atoms with Gasteiger partial charge in [-0.15, -0.1) is 0 Å². The van der Waals surface area contributed by atoms with Crippen LogP contribution in [0.4, 0.5) is 4.79 Å². The smallest absolute Gasteiger partial charge is 0.407 e. The molecular weight excluding hydrogens is 295 g/mol. The van der Waals surface area contributed by atoms with Gasteiger partial charge in [0.1, 0.15) is 5.60 Å². The molecule has 1 atom stereocenters. The molecule has 0 unspecified atom stereocenters. The first-order valence-electron chi connectivity index (χ1n) is 4.72. The summed E-state index contributed by atoms with van der Waals surface area (Å²) >= 11 is 2.06. The third kappa shape index (κ3) is 7.37. The van der Waals surface area contributed by atoms with E-state index in [0.717, 1.165) is 13.0 Å². The minimum Gasteiger partial charge on any atom is -0.444 e. The summed E-state index contributed by atoms with van der Waals surface area (Å²) < 4.78 is 8.12. The van der Waals surface area contributed by atoms with Crippen LogP contribution in [0.5, 0.6) is 0 Å². The van der Waals surface area contributed by atoms with Crippen molar-refractivity contribution in [3.8, 4) is 0 Å². The minimum atomic E-state index is -0.430. The molecule has 0 aromatic rings. The Hall–Kier alpha value is -0.0400. The molecule has 0 rings (SSSR count). The van der Waals surface area contributed by atoms with Gasteiger partial charge in [0, 0.05) is 35.5 Å². The number of halogens is 1. The van der Waals surface area contributed by atoms with Gasteiger partial charge in [0.25, 0.3) is 0 Å². The van der Waals surface area contributed by atoms with Gasteiger partial charge in [-0.3, -0.25) is 3.53 Å². The van der Waals surface area contributed by atoms with Gasteiger partial charge in [-0.2, -0.15) is 0 Å². The number of hydrogen-bond acceptors (Lipinski definition) is 3. The largest absolute Gasteiger partial charge is 0.444 e. The normalized spacial score (nSPS) is 13.5. The molecule has 0 spiro atoms. The van der Waals surface area contributed by atoms with E-state index in [1.165, 1.54) is 0 Å². The molecular formula is C9H19IN2O2. The molecule has 0 heterocycles. The summed E-state index contributed by atoms with van der Waals surface area (Å²) in [6, 6.07) is 0.127. The van der Waals surface area contributed by atoms with Crippen LogP contribution in [-0.2, 0) is 4.74 Å². The van der Waals surface area contributed by atoms with E-state index in [9.17, 15) is 4.79 Å². The minimum absolute atomic E-state index is 0.127. The molecule has 0 fully saturated rings. The number of amides is 1. The summed E-state index contributed by atoms with van der Waals surface area (Å²) in [6.07, 6.45) is 0.533. The molecule has 0 radical (unpaired) electrons. The van der Waals surface area contributed by atoms with E-state index in [4.69, 9.17) is 4.74 Å². The Morgan fingerprint density at radius 1 is 1.50 bits per heavy atom. The summed E-state index contributed by atoms with van der Waals surface area (Å²) in [5.74, 6) is 0. The zero-order valence-corrected chi connectivity index (χ0v) is 11.3. The average Bonchev–Trinajstić information content (AvgIpc) is 2.00. The highest BCUT2D eigenvalue weighted by molar-refractivity contribution is 14.1. The Labute approximate surface area is 99.7 Å². The van der Waals surface area contributed by atoms with Crippen molar-refractivity contribution in [2.75, 3.05) is 6.54 Å². The van der Waals surface area contributed by atoms with Gasteiger partial charge in [-0.1, -0.05) is 6.92 Å². The Morgan fingerprint density at radius 3 is 2.43 bits per heavy atom. The van der Waals surface area contributed by atoms with E-state index < -0.39 is 5.60 Å². The van der Waals surface area contributed by atoms with Gasteiger partial charge in [0.2, 0.25) is 0 Å². The number of alkyl carbamates (subject to hydrolysis) is 1. The number of ether oxygens (including phenoxy) is 1. The van der Waals surface area contributed by atoms with Gasteiger partial charge >= 0.3 is 6.09 Å². The lowest BCUT2D eigenvalue weighted by molar-refractivity contribution is 0.0504. The summed E-state index contributed by atoms with van der Waals surface area (Å²) in [6.45, 7) is 8.32. The second-order valence-electron chi connectivity index (χ2n) is 4.09. The van der Waals surface area contributed by atoms with Crippen molar-refractivity contribution in [1.29, 1.82) is 0 Å². The lowest BCUT2D eigenvalue weighted by Crippen LogP contribution is -2.42. The molecule has 5 heteroatoms. The Bertz CT molecular complexity index is 180. The molecule has 0 aromatic carbocycles. The van der Waals surface area contributed by atoms with Crippen molar-refractivity contribution in [1.82, 2.24) is 8.85 Å². The lowest BCUT2D eigenvalue weighted by Gasteiger charge is -2.22. The van der Waals surface area contributed by atoms with Crippen molar-refractivity contribution in [2.24, 2.45) is 0 Å². The fourth-order valence-corrected chi connectivity index (χ4v) is 1.40. The maximum absolute atomic E-state index is 11.3. The topological polar surface area (TPSA) is 50.4 Å². The fraction of sp³-hybridized carbons (Fsp3) is 0.889. The first-order valence-corrected chi connectivity index (χ1v) is 5.80. The molecule has 0 aromatic heterocycles. The van der Waals surface area contributed by atoms with E-state index in [2.05, 4.69) is 31.7 Å². The molecule has 1 amide bonds. The zero-order chi connectivity index (χ0) is 11.2. The fourth-order valence-electron chi connectivity index (χ4n) is 0.865. The molecule has 0 bridgehead atoms. The number of nitrogens with one attached hydrogen (secondary N) is 2. The third-order valence-electron chi connectivity index (χ3n) is 1.54. The van der Waals surface area contributed by atoms with Crippen LogP contribution in [-0.4, -0.2) is 24.3 Å². The maximum Gasteiger partial charge on any atom is 0.407 e. The molecule has 0 aliphatic carbocycles. The zero-order valence-electron chi connectivity index (χ0n) is 9.19. The van der Waals surface area contributed by atoms with E-state index in [1.54, 1.807) is 0 Å². The molecule has 4 nitrogen and oxygen atoms in total. The van der Waals surface area contributed by atoms with Crippen LogP contribution in [0.15, 0.2) is 0 Å². The molecule has 14 heavy (non-hydrogen) atoms. The van der Waals surface area contributed by atoms with Crippen molar-refractivity contribution < 1.29 is 9.53 Å². The second-order valence-corrected chi connectivity index (χ2v) is 4.85. The highest BCUT2D eigenvalue weighted by Gasteiger charge is 2.18. The van der Waals surface area contributed by atoms with E-state index in [1.807, 2.05) is 27.7 Å². The van der Waals surface area contributed by atoms with Crippen LogP contribution >= 0.6 is 22.9 Å². The van der Waals surface area contributed by atoms with Crippen LogP contribution in [0.2, 0.25) is 0 Å². The summed E-state index contributed by atoms with van der Waals surface area (Å²) in [7, 11) is 0. The van der Waals surface area contributed by atoms with Crippen LogP contribution < -0.4 is 8.85 Å². The molecule has 84 valence electrons. The van der Waals surface area contributed by atoms with Gasteiger partial charge in [-0.05, 0) is 27.2 Å². The Morgan fingerprint density at radius 2 is 2.07 bits per heavy atom. The molecule has 2 N–H and O–H groups in total. The molecule has 0 saturated carbocycles. The highest BCUT2D eigenvalue weighted by atomic mass is 127. The third-order valence-corrected chi connectivity index (χ3v) is 1.98. The van der Waals surface area contributed by atoms with Gasteiger partial charge < -0.3 is 10.1 Å². The molecule has 0 aliphatic rings. The first-order chi connectivity index (χ1) is 6.39. The van der Waals surface area contributed by atoms with Gasteiger partial charge in [0.15, 0.2) is 0 Å². The highest BCUT2D eigenvalue weighted by Crippen LogP contribution is 2.07. The average molecular weight is 314 g/mol. The SMILES string of the molecule is CC[C@H](CNI)NC(=O)OC(C)(C)C. The summed E-state index contributed by atoms with van der Waals surface area (Å²) in [5, 5.41) is 2.80. The Kier molecular flexibility index (Phi) is 6.43. The van der Waals surface area contributed by atoms with Crippen LogP contribution in [0.25, 0.3) is 0 Å². The summed E-state index contributed by atoms with van der Waals surface area (Å²) in [5.41, 5.74) is -0.430. The predicted octanol–water partition coefficient (Wildman–Crippen LogP) is 2.23. The molecule has 0 saturated heterocycles. The standard InChI is InChI=1S/C9H19IN2O2/c1-5-7(6-11-10)12-8(13)14-9(2,3)4/h7,11H,5-6H2,1-4H3,(H,12,13)/t7-/m1/s1. The monoisotopic (exact) mass is 314 g/mol. The number of carbonyl (C=O) groups is 1. The van der Waals surface area contributed by atoms with Gasteiger partial charge in [0.05, 0.1) is 0 Å². The van der Waals surface area contributed by atoms with Crippen molar-refractivity contribution >= 4 is 29.0 Å². The number of rotatable bonds is 4. The van der Waals surface area contributed by atoms with Crippen LogP contribution in [0, 0.1) is 0 Å². The van der Waals surface area contributed by atoms with Crippen LogP contribution in [0.1, 0.15) is 34.1 Å². The van der Waals surface area contributed by atoms with E-state index in [0.29, 0.717) is 0 Å². The lowest BCUT2D eigenvalue weighted by atomic mass is 10.2. The first kappa shape index (κ1) is 14.0.